The number of carbonyl (C=O) groups excluding carboxylic acids is 1. The van der Waals surface area contributed by atoms with Crippen LogP contribution in [-0.2, 0) is 22.5 Å². The van der Waals surface area contributed by atoms with Crippen molar-refractivity contribution in [3.05, 3.63) is 47.5 Å². The molecule has 28 heavy (non-hydrogen) atoms. The van der Waals surface area contributed by atoms with Crippen molar-refractivity contribution in [3.8, 4) is 0 Å². The van der Waals surface area contributed by atoms with Crippen LogP contribution in [0.4, 0.5) is 0 Å². The van der Waals surface area contributed by atoms with Crippen molar-refractivity contribution in [3.63, 3.8) is 0 Å². The number of aryl methyl sites for hydroxylation is 1. The SMILES string of the molecule is COC1(C(=O)N2Cc3nnc(C)n3[C@H](Cc3ccccc3)C2)CCNCC1.Cl. The van der Waals surface area contributed by atoms with Gasteiger partial charge in [0.1, 0.15) is 11.4 Å². The van der Waals surface area contributed by atoms with E-state index in [-0.39, 0.29) is 24.4 Å². The number of methoxy groups -OCH3 is 1. The average Bonchev–Trinajstić information content (AvgIpc) is 3.10. The molecule has 1 N–H and O–H groups in total. The number of nitrogens with one attached hydrogen (secondary N) is 1. The number of nitrogens with zero attached hydrogens (tertiary/aromatic N) is 4. The van der Waals surface area contributed by atoms with Gasteiger partial charge in [-0.2, -0.15) is 0 Å². The lowest BCUT2D eigenvalue weighted by Crippen LogP contribution is -2.57. The number of benzene rings is 1. The summed E-state index contributed by atoms with van der Waals surface area (Å²) in [5.74, 6) is 1.84. The molecule has 1 atom stereocenters. The maximum absolute atomic E-state index is 13.4. The van der Waals surface area contributed by atoms with Gasteiger partial charge in [-0.25, -0.2) is 0 Å². The molecule has 2 aliphatic rings. The number of amides is 1. The summed E-state index contributed by atoms with van der Waals surface area (Å²) in [4.78, 5) is 15.4. The van der Waals surface area contributed by atoms with Crippen LogP contribution in [-0.4, -0.2) is 57.9 Å². The summed E-state index contributed by atoms with van der Waals surface area (Å²) >= 11 is 0. The molecule has 1 fully saturated rings. The monoisotopic (exact) mass is 405 g/mol. The number of piperidine rings is 1. The highest BCUT2D eigenvalue weighted by atomic mass is 35.5. The van der Waals surface area contributed by atoms with Gasteiger partial charge in [-0.15, -0.1) is 22.6 Å². The molecule has 1 aromatic carbocycles. The fraction of sp³-hybridized carbons (Fsp3) is 0.550. The van der Waals surface area contributed by atoms with Crippen molar-refractivity contribution in [2.45, 2.75) is 44.4 Å². The topological polar surface area (TPSA) is 72.3 Å². The fourth-order valence-corrected chi connectivity index (χ4v) is 4.39. The van der Waals surface area contributed by atoms with E-state index in [1.807, 2.05) is 17.9 Å². The summed E-state index contributed by atoms with van der Waals surface area (Å²) in [5.41, 5.74) is 0.527. The highest BCUT2D eigenvalue weighted by Crippen LogP contribution is 2.30. The van der Waals surface area contributed by atoms with Crippen LogP contribution in [0.5, 0.6) is 0 Å². The summed E-state index contributed by atoms with van der Waals surface area (Å²) < 4.78 is 7.96. The number of hydrogen-bond acceptors (Lipinski definition) is 5. The largest absolute Gasteiger partial charge is 0.368 e. The van der Waals surface area contributed by atoms with E-state index in [9.17, 15) is 4.79 Å². The van der Waals surface area contributed by atoms with Crippen LogP contribution in [0, 0.1) is 6.92 Å². The lowest BCUT2D eigenvalue weighted by Gasteiger charge is -2.42. The van der Waals surface area contributed by atoms with Crippen molar-refractivity contribution in [1.29, 1.82) is 0 Å². The van der Waals surface area contributed by atoms with Crippen molar-refractivity contribution >= 4 is 18.3 Å². The Bertz CT molecular complexity index is 804. The zero-order valence-corrected chi connectivity index (χ0v) is 17.2. The Morgan fingerprint density at radius 3 is 2.64 bits per heavy atom. The van der Waals surface area contributed by atoms with Gasteiger partial charge in [0.15, 0.2) is 5.82 Å². The smallest absolute Gasteiger partial charge is 0.255 e. The predicted octanol–water partition coefficient (Wildman–Crippen LogP) is 1.90. The van der Waals surface area contributed by atoms with E-state index in [1.165, 1.54) is 5.56 Å². The van der Waals surface area contributed by atoms with Gasteiger partial charge in [0.25, 0.3) is 5.91 Å². The molecule has 4 rings (SSSR count). The van der Waals surface area contributed by atoms with E-state index in [0.717, 1.165) is 31.2 Å². The summed E-state index contributed by atoms with van der Waals surface area (Å²) in [7, 11) is 1.65. The Labute approximate surface area is 171 Å². The standard InChI is InChI=1S/C20H27N5O2.ClH/c1-15-22-23-18-14-24(19(26)20(27-2)8-10-21-11-9-20)13-17(25(15)18)12-16-6-4-3-5-7-16;/h3-7,17,21H,8-14H2,1-2H3;1H/t17-;/m1./s1. The Hall–Kier alpha value is -1.96. The predicted molar refractivity (Wildman–Crippen MR) is 108 cm³/mol. The van der Waals surface area contributed by atoms with Gasteiger partial charge in [0.2, 0.25) is 0 Å². The van der Waals surface area contributed by atoms with Crippen molar-refractivity contribution in [2.75, 3.05) is 26.7 Å². The van der Waals surface area contributed by atoms with E-state index >= 15 is 0 Å². The number of fused-ring (bicyclic) bond motifs is 1. The summed E-state index contributed by atoms with van der Waals surface area (Å²) in [6.45, 7) is 4.73. The number of aromatic nitrogens is 3. The van der Waals surface area contributed by atoms with E-state index < -0.39 is 5.60 Å². The molecule has 8 heteroatoms. The van der Waals surface area contributed by atoms with Crippen LogP contribution in [0.1, 0.15) is 36.1 Å². The molecule has 1 saturated heterocycles. The number of rotatable bonds is 4. The van der Waals surface area contributed by atoms with Crippen LogP contribution >= 0.6 is 12.4 Å². The van der Waals surface area contributed by atoms with Gasteiger partial charge in [0.05, 0.1) is 12.6 Å². The molecule has 2 aliphatic heterocycles. The first-order valence-corrected chi connectivity index (χ1v) is 9.62. The Morgan fingerprint density at radius 2 is 1.96 bits per heavy atom. The lowest BCUT2D eigenvalue weighted by molar-refractivity contribution is -0.160. The maximum atomic E-state index is 13.4. The quantitative estimate of drug-likeness (QED) is 0.841. The number of hydrogen-bond donors (Lipinski definition) is 1. The average molecular weight is 406 g/mol. The van der Waals surface area contributed by atoms with Crippen LogP contribution in [0.25, 0.3) is 0 Å². The fourth-order valence-electron chi connectivity index (χ4n) is 4.39. The first kappa shape index (κ1) is 20.8. The maximum Gasteiger partial charge on any atom is 0.255 e. The summed E-state index contributed by atoms with van der Waals surface area (Å²) in [5, 5.41) is 11.9. The molecule has 0 saturated carbocycles. The van der Waals surface area contributed by atoms with E-state index in [4.69, 9.17) is 4.74 Å². The molecule has 2 aromatic rings. The van der Waals surface area contributed by atoms with Gasteiger partial charge < -0.3 is 19.5 Å². The third-order valence-corrected chi connectivity index (χ3v) is 5.86. The molecule has 3 heterocycles. The van der Waals surface area contributed by atoms with Gasteiger partial charge in [-0.3, -0.25) is 4.79 Å². The van der Waals surface area contributed by atoms with Gasteiger partial charge in [-0.05, 0) is 44.8 Å². The summed E-state index contributed by atoms with van der Waals surface area (Å²) in [6.07, 6.45) is 2.25. The van der Waals surface area contributed by atoms with Crippen LogP contribution < -0.4 is 5.32 Å². The highest BCUT2D eigenvalue weighted by molar-refractivity contribution is 5.86. The minimum Gasteiger partial charge on any atom is -0.368 e. The number of carbonyl (C=O) groups is 1. The lowest BCUT2D eigenvalue weighted by atomic mass is 9.89. The molecule has 0 bridgehead atoms. The van der Waals surface area contributed by atoms with Gasteiger partial charge in [0, 0.05) is 13.7 Å². The summed E-state index contributed by atoms with van der Waals surface area (Å²) in [6, 6.07) is 10.5. The first-order valence-electron chi connectivity index (χ1n) is 9.62. The zero-order valence-electron chi connectivity index (χ0n) is 16.4. The van der Waals surface area contributed by atoms with Crippen LogP contribution in [0.3, 0.4) is 0 Å². The molecular weight excluding hydrogens is 378 g/mol. The van der Waals surface area contributed by atoms with E-state index in [2.05, 4.69) is 44.3 Å². The molecule has 0 radical (unpaired) electrons. The Morgan fingerprint density at radius 1 is 1.25 bits per heavy atom. The number of halogens is 1. The van der Waals surface area contributed by atoms with Crippen molar-refractivity contribution < 1.29 is 9.53 Å². The first-order chi connectivity index (χ1) is 13.1. The zero-order chi connectivity index (χ0) is 18.9. The Kier molecular flexibility index (Phi) is 6.37. The molecule has 0 unspecified atom stereocenters. The third-order valence-electron chi connectivity index (χ3n) is 5.86. The minimum absolute atomic E-state index is 0. The van der Waals surface area contributed by atoms with Crippen LogP contribution in [0.2, 0.25) is 0 Å². The van der Waals surface area contributed by atoms with Crippen molar-refractivity contribution in [2.24, 2.45) is 0 Å². The highest BCUT2D eigenvalue weighted by Gasteiger charge is 2.44. The second kappa shape index (κ2) is 8.59. The van der Waals surface area contributed by atoms with Gasteiger partial charge in [-0.1, -0.05) is 30.3 Å². The van der Waals surface area contributed by atoms with Crippen molar-refractivity contribution in [1.82, 2.24) is 25.0 Å². The second-order valence-corrected chi connectivity index (χ2v) is 7.51. The molecule has 1 amide bonds. The minimum atomic E-state index is -0.722. The Balaban J connectivity index is 0.00000225. The van der Waals surface area contributed by atoms with Gasteiger partial charge >= 0.3 is 0 Å². The normalized spacial score (nSPS) is 20.9. The molecule has 0 spiro atoms. The second-order valence-electron chi connectivity index (χ2n) is 7.51. The molecule has 7 nitrogen and oxygen atoms in total. The van der Waals surface area contributed by atoms with E-state index in [1.54, 1.807) is 7.11 Å². The molecule has 1 aromatic heterocycles. The van der Waals surface area contributed by atoms with Crippen LogP contribution in [0.15, 0.2) is 30.3 Å². The molecular formula is C20H28ClN5O2. The third kappa shape index (κ3) is 3.79. The molecule has 152 valence electrons. The number of ether oxygens (including phenoxy) is 1. The molecule has 0 aliphatic carbocycles. The van der Waals surface area contributed by atoms with E-state index in [0.29, 0.717) is 25.9 Å².